The van der Waals surface area contributed by atoms with Crippen molar-refractivity contribution >= 4 is 12.0 Å². The summed E-state index contributed by atoms with van der Waals surface area (Å²) in [5.41, 5.74) is -0.358. The van der Waals surface area contributed by atoms with Crippen molar-refractivity contribution in [1.82, 2.24) is 9.80 Å². The van der Waals surface area contributed by atoms with E-state index in [1.165, 1.54) is 37.1 Å². The molecule has 1 unspecified atom stereocenters. The summed E-state index contributed by atoms with van der Waals surface area (Å²) in [5, 5.41) is 23.6. The molecular weight excluding hydrogens is 533 g/mol. The Morgan fingerprint density at radius 2 is 2.02 bits per heavy atom. The van der Waals surface area contributed by atoms with E-state index in [1.54, 1.807) is 18.0 Å². The SMILES string of the molecule is C[C@@H]1C[C@@]2(O)[C@H]3Cc4ccc(O)c5c4[C@@]2(CCN3CC2CC2)[C@@H](O5)C1N(C)C(=O)/C=C/c1cccc(C(F)(F)F)c1. The third-order valence-corrected chi connectivity index (χ3v) is 10.5. The van der Waals surface area contributed by atoms with Gasteiger partial charge in [0.25, 0.3) is 0 Å². The van der Waals surface area contributed by atoms with Gasteiger partial charge in [-0.05, 0) is 85.9 Å². The van der Waals surface area contributed by atoms with Crippen molar-refractivity contribution in [2.45, 2.75) is 74.4 Å². The van der Waals surface area contributed by atoms with Crippen LogP contribution in [0.2, 0.25) is 0 Å². The van der Waals surface area contributed by atoms with Gasteiger partial charge in [0.2, 0.25) is 5.91 Å². The van der Waals surface area contributed by atoms with Gasteiger partial charge in [0.05, 0.1) is 22.6 Å². The number of phenols is 1. The Labute approximate surface area is 237 Å². The molecule has 1 spiro atoms. The molecule has 2 bridgehead atoms. The summed E-state index contributed by atoms with van der Waals surface area (Å²) in [4.78, 5) is 17.6. The predicted molar refractivity (Wildman–Crippen MR) is 146 cm³/mol. The molecule has 1 amide bonds. The van der Waals surface area contributed by atoms with Crippen molar-refractivity contribution in [3.63, 3.8) is 0 Å². The number of hydrogen-bond donors (Lipinski definition) is 2. The number of nitrogens with zero attached hydrogens (tertiary/aromatic N) is 2. The van der Waals surface area contributed by atoms with Crippen LogP contribution >= 0.6 is 0 Å². The number of carbonyl (C=O) groups is 1. The zero-order chi connectivity index (χ0) is 28.9. The van der Waals surface area contributed by atoms with E-state index >= 15 is 0 Å². The van der Waals surface area contributed by atoms with Crippen molar-refractivity contribution in [2.75, 3.05) is 20.1 Å². The summed E-state index contributed by atoms with van der Waals surface area (Å²) in [7, 11) is 1.69. The molecule has 3 fully saturated rings. The fourth-order valence-corrected chi connectivity index (χ4v) is 8.56. The van der Waals surface area contributed by atoms with Crippen LogP contribution in [-0.4, -0.2) is 69.8 Å². The number of ether oxygens (including phenoxy) is 1. The second kappa shape index (κ2) is 8.98. The number of phenolic OH excluding ortho intramolecular Hbond substituents is 1. The molecule has 0 radical (unpaired) electrons. The number of likely N-dealkylation sites (tertiary alicyclic amines) is 1. The quantitative estimate of drug-likeness (QED) is 0.509. The largest absolute Gasteiger partial charge is 0.504 e. The number of amides is 1. The fraction of sp³-hybridized carbons (Fsp3) is 0.531. The molecule has 1 saturated heterocycles. The Balaban J connectivity index is 1.24. The molecule has 2 saturated carbocycles. The first-order chi connectivity index (χ1) is 19.4. The Morgan fingerprint density at radius 1 is 1.24 bits per heavy atom. The summed E-state index contributed by atoms with van der Waals surface area (Å²) >= 11 is 0. The minimum absolute atomic E-state index is 0.0403. The van der Waals surface area contributed by atoms with Gasteiger partial charge in [0.1, 0.15) is 6.10 Å². The maximum absolute atomic E-state index is 13.5. The normalized spacial score (nSPS) is 33.9. The Bertz CT molecular complexity index is 1440. The van der Waals surface area contributed by atoms with Crippen LogP contribution in [0.4, 0.5) is 13.2 Å². The number of benzene rings is 2. The zero-order valence-electron chi connectivity index (χ0n) is 23.2. The number of halogens is 3. The van der Waals surface area contributed by atoms with E-state index in [1.807, 2.05) is 13.0 Å². The van der Waals surface area contributed by atoms with Crippen molar-refractivity contribution in [1.29, 1.82) is 0 Å². The first-order valence-corrected chi connectivity index (χ1v) is 14.5. The lowest BCUT2D eigenvalue weighted by Gasteiger charge is -2.66. The van der Waals surface area contributed by atoms with Gasteiger partial charge in [-0.3, -0.25) is 9.69 Å². The van der Waals surface area contributed by atoms with Gasteiger partial charge in [-0.1, -0.05) is 25.1 Å². The van der Waals surface area contributed by atoms with E-state index in [-0.39, 0.29) is 29.2 Å². The van der Waals surface area contributed by atoms with Gasteiger partial charge < -0.3 is 19.8 Å². The lowest BCUT2D eigenvalue weighted by atomic mass is 9.46. The molecule has 9 heteroatoms. The molecule has 2 aliphatic heterocycles. The van der Waals surface area contributed by atoms with Crippen LogP contribution < -0.4 is 4.74 Å². The monoisotopic (exact) mass is 568 g/mol. The Kier molecular flexibility index (Phi) is 5.88. The van der Waals surface area contributed by atoms with Gasteiger partial charge in [-0.25, -0.2) is 0 Å². The maximum atomic E-state index is 13.5. The van der Waals surface area contributed by atoms with Crippen molar-refractivity contribution in [3.05, 3.63) is 64.7 Å². The summed E-state index contributed by atoms with van der Waals surface area (Å²) in [6.07, 6.45) is 1.95. The van der Waals surface area contributed by atoms with Crippen LogP contribution in [-0.2, 0) is 22.8 Å². The van der Waals surface area contributed by atoms with E-state index in [0.29, 0.717) is 30.9 Å². The summed E-state index contributed by atoms with van der Waals surface area (Å²) in [6.45, 7) is 3.82. The second-order valence-electron chi connectivity index (χ2n) is 12.9. The number of carbonyl (C=O) groups excluding carboxylic acids is 1. The maximum Gasteiger partial charge on any atom is 0.416 e. The number of aromatic hydroxyl groups is 1. The van der Waals surface area contributed by atoms with Gasteiger partial charge in [-0.15, -0.1) is 0 Å². The topological polar surface area (TPSA) is 73.2 Å². The number of likely N-dealkylation sites (N-methyl/N-ethyl adjacent to an activating group) is 1. The highest BCUT2D eigenvalue weighted by Crippen LogP contribution is 2.66. The zero-order valence-corrected chi connectivity index (χ0v) is 23.2. The number of piperidine rings is 1. The third kappa shape index (κ3) is 3.88. The number of hydrogen-bond acceptors (Lipinski definition) is 5. The van der Waals surface area contributed by atoms with E-state index in [0.717, 1.165) is 36.3 Å². The molecule has 2 N–H and O–H groups in total. The number of rotatable bonds is 5. The summed E-state index contributed by atoms with van der Waals surface area (Å²) in [5.74, 6) is 0.651. The van der Waals surface area contributed by atoms with Crippen LogP contribution in [0.5, 0.6) is 11.5 Å². The third-order valence-electron chi connectivity index (χ3n) is 10.5. The van der Waals surface area contributed by atoms with E-state index in [9.17, 15) is 28.2 Å². The fourth-order valence-electron chi connectivity index (χ4n) is 8.56. The van der Waals surface area contributed by atoms with Crippen LogP contribution in [0.15, 0.2) is 42.5 Å². The minimum Gasteiger partial charge on any atom is -0.504 e. The lowest BCUT2D eigenvalue weighted by Crippen LogP contribution is -2.79. The van der Waals surface area contributed by atoms with Gasteiger partial charge in [-0.2, -0.15) is 13.2 Å². The first-order valence-electron chi connectivity index (χ1n) is 14.5. The molecule has 218 valence electrons. The van der Waals surface area contributed by atoms with E-state index in [2.05, 4.69) is 4.90 Å². The molecule has 3 aliphatic carbocycles. The van der Waals surface area contributed by atoms with Crippen LogP contribution in [0.25, 0.3) is 6.08 Å². The molecule has 41 heavy (non-hydrogen) atoms. The average Bonchev–Trinajstić information content (AvgIpc) is 3.67. The summed E-state index contributed by atoms with van der Waals surface area (Å²) in [6, 6.07) is 8.00. The number of alkyl halides is 3. The standard InChI is InChI=1S/C32H35F3N2O4/c1-18-16-31(40)24-15-21-9-10-23(38)28-26(21)30(31,12-13-37(24)17-20-6-7-20)29(41-28)27(18)36(2)25(39)11-8-19-4-3-5-22(14-19)32(33,34)35/h3-5,8-11,14,18,20,24,27,29,38,40H,6-7,12-13,15-17H2,1-2H3/b11-8+/t18-,24-,27?,29+,30+,31-/m1/s1. The molecule has 2 heterocycles. The molecule has 0 aromatic heterocycles. The summed E-state index contributed by atoms with van der Waals surface area (Å²) < 4.78 is 46.1. The molecule has 2 aromatic carbocycles. The minimum atomic E-state index is -4.47. The Morgan fingerprint density at radius 3 is 2.76 bits per heavy atom. The Hall–Kier alpha value is -3.04. The average molecular weight is 569 g/mol. The molecule has 5 aliphatic rings. The first kappa shape index (κ1) is 26.8. The van der Waals surface area contributed by atoms with Crippen LogP contribution in [0.3, 0.4) is 0 Å². The highest BCUT2D eigenvalue weighted by atomic mass is 19.4. The van der Waals surface area contributed by atoms with Gasteiger partial charge in [0, 0.05) is 31.3 Å². The van der Waals surface area contributed by atoms with Crippen molar-refractivity contribution in [2.24, 2.45) is 11.8 Å². The lowest BCUT2D eigenvalue weighted by molar-refractivity contribution is -0.212. The molecule has 7 rings (SSSR count). The predicted octanol–water partition coefficient (Wildman–Crippen LogP) is 4.76. The smallest absolute Gasteiger partial charge is 0.416 e. The molecule has 2 aromatic rings. The van der Waals surface area contributed by atoms with Crippen LogP contribution in [0, 0.1) is 11.8 Å². The van der Waals surface area contributed by atoms with Gasteiger partial charge in [0.15, 0.2) is 11.5 Å². The van der Waals surface area contributed by atoms with Crippen LogP contribution in [0.1, 0.15) is 54.9 Å². The second-order valence-corrected chi connectivity index (χ2v) is 12.9. The van der Waals surface area contributed by atoms with Crippen molar-refractivity contribution in [3.8, 4) is 11.5 Å². The number of aliphatic hydroxyl groups is 1. The molecule has 6 atom stereocenters. The highest BCUT2D eigenvalue weighted by molar-refractivity contribution is 5.92. The molecular formula is C32H35F3N2O4. The van der Waals surface area contributed by atoms with E-state index < -0.39 is 34.9 Å². The van der Waals surface area contributed by atoms with E-state index in [4.69, 9.17) is 4.74 Å². The van der Waals surface area contributed by atoms with Crippen molar-refractivity contribution < 1.29 is 32.9 Å². The van der Waals surface area contributed by atoms with Gasteiger partial charge >= 0.3 is 6.18 Å². The molecule has 6 nitrogen and oxygen atoms in total. The highest BCUT2D eigenvalue weighted by Gasteiger charge is 2.74.